The molecule has 1 atom stereocenters. The van der Waals surface area contributed by atoms with Gasteiger partial charge in [-0.2, -0.15) is 13.2 Å². The van der Waals surface area contributed by atoms with Gasteiger partial charge in [-0.15, -0.1) is 0 Å². The van der Waals surface area contributed by atoms with Gasteiger partial charge in [0.05, 0.1) is 25.7 Å². The second-order valence-electron chi connectivity index (χ2n) is 6.16. The van der Waals surface area contributed by atoms with Crippen molar-refractivity contribution in [1.82, 2.24) is 5.32 Å². The zero-order valence-corrected chi connectivity index (χ0v) is 13.4. The number of halogens is 3. The Balaban J connectivity index is 2.53. The fraction of sp³-hybridized carbons (Fsp3) is 0.562. The highest BCUT2D eigenvalue weighted by molar-refractivity contribution is 5.68. The zero-order chi connectivity index (χ0) is 17.5. The summed E-state index contributed by atoms with van der Waals surface area (Å²) in [6.45, 7) is 4.82. The van der Waals surface area contributed by atoms with Crippen molar-refractivity contribution in [1.29, 1.82) is 0 Å². The SMILES string of the molecule is CC(C)(C)OC(=O)N[C@H](COCc1ccccc1)CC(F)(F)F. The number of carbonyl (C=O) groups is 1. The van der Waals surface area contributed by atoms with Crippen molar-refractivity contribution in [3.05, 3.63) is 35.9 Å². The van der Waals surface area contributed by atoms with Crippen LogP contribution < -0.4 is 5.32 Å². The van der Waals surface area contributed by atoms with Crippen molar-refractivity contribution in [3.63, 3.8) is 0 Å². The molecule has 0 saturated heterocycles. The summed E-state index contributed by atoms with van der Waals surface area (Å²) in [5.74, 6) is 0. The summed E-state index contributed by atoms with van der Waals surface area (Å²) < 4.78 is 48.1. The maximum absolute atomic E-state index is 12.6. The molecule has 0 bridgehead atoms. The number of hydrogen-bond acceptors (Lipinski definition) is 3. The van der Waals surface area contributed by atoms with Gasteiger partial charge in [0.1, 0.15) is 5.60 Å². The Morgan fingerprint density at radius 1 is 1.17 bits per heavy atom. The van der Waals surface area contributed by atoms with Gasteiger partial charge >= 0.3 is 12.3 Å². The number of alkyl halides is 3. The number of amides is 1. The van der Waals surface area contributed by atoms with Crippen molar-refractivity contribution in [2.75, 3.05) is 6.61 Å². The molecule has 0 aliphatic heterocycles. The summed E-state index contributed by atoms with van der Waals surface area (Å²) in [6.07, 6.45) is -6.48. The molecule has 0 fully saturated rings. The summed E-state index contributed by atoms with van der Waals surface area (Å²) in [6, 6.07) is 7.86. The number of alkyl carbamates (subject to hydrolysis) is 1. The number of rotatable bonds is 6. The summed E-state index contributed by atoms with van der Waals surface area (Å²) in [7, 11) is 0. The van der Waals surface area contributed by atoms with Crippen LogP contribution in [0.1, 0.15) is 32.8 Å². The number of ether oxygens (including phenoxy) is 2. The van der Waals surface area contributed by atoms with E-state index >= 15 is 0 Å². The minimum Gasteiger partial charge on any atom is -0.444 e. The third kappa shape index (κ3) is 9.78. The van der Waals surface area contributed by atoms with Crippen molar-refractivity contribution >= 4 is 6.09 Å². The Morgan fingerprint density at radius 2 is 1.78 bits per heavy atom. The minimum absolute atomic E-state index is 0.172. The molecule has 23 heavy (non-hydrogen) atoms. The Labute approximate surface area is 134 Å². The highest BCUT2D eigenvalue weighted by atomic mass is 19.4. The van der Waals surface area contributed by atoms with Gasteiger partial charge < -0.3 is 14.8 Å². The molecule has 0 aromatic heterocycles. The predicted molar refractivity (Wildman–Crippen MR) is 79.9 cm³/mol. The third-order valence-corrected chi connectivity index (χ3v) is 2.63. The monoisotopic (exact) mass is 333 g/mol. The minimum atomic E-state index is -4.41. The van der Waals surface area contributed by atoms with Crippen LogP contribution in [-0.4, -0.2) is 30.5 Å². The van der Waals surface area contributed by atoms with E-state index in [-0.39, 0.29) is 13.2 Å². The van der Waals surface area contributed by atoms with E-state index in [0.717, 1.165) is 5.56 Å². The number of hydrogen-bond donors (Lipinski definition) is 1. The fourth-order valence-electron chi connectivity index (χ4n) is 1.80. The Bertz CT molecular complexity index is 484. The van der Waals surface area contributed by atoms with E-state index in [1.165, 1.54) is 0 Å². The standard InChI is InChI=1S/C16H22F3NO3/c1-15(2,3)23-14(21)20-13(9-16(17,18)19)11-22-10-12-7-5-4-6-8-12/h4-8,13H,9-11H2,1-3H3,(H,20,21)/t13-/m0/s1. The van der Waals surface area contributed by atoms with Gasteiger partial charge in [-0.3, -0.25) is 0 Å². The smallest absolute Gasteiger partial charge is 0.407 e. The lowest BCUT2D eigenvalue weighted by Crippen LogP contribution is -2.43. The maximum Gasteiger partial charge on any atom is 0.407 e. The van der Waals surface area contributed by atoms with Crippen molar-refractivity contribution in [3.8, 4) is 0 Å². The number of benzene rings is 1. The maximum atomic E-state index is 12.6. The largest absolute Gasteiger partial charge is 0.444 e. The lowest BCUT2D eigenvalue weighted by atomic mass is 10.2. The molecule has 0 aliphatic carbocycles. The van der Waals surface area contributed by atoms with E-state index in [0.29, 0.717) is 0 Å². The second-order valence-corrected chi connectivity index (χ2v) is 6.16. The second kappa shape index (κ2) is 8.19. The molecule has 0 heterocycles. The molecule has 0 unspecified atom stereocenters. The van der Waals surface area contributed by atoms with Crippen LogP contribution in [-0.2, 0) is 16.1 Å². The molecule has 0 radical (unpaired) electrons. The summed E-state index contributed by atoms with van der Waals surface area (Å²) in [4.78, 5) is 11.6. The van der Waals surface area contributed by atoms with Crippen LogP contribution in [0.5, 0.6) is 0 Å². The van der Waals surface area contributed by atoms with Gasteiger partial charge in [0.25, 0.3) is 0 Å². The molecule has 1 aromatic carbocycles. The number of carbonyl (C=O) groups excluding carboxylic acids is 1. The highest BCUT2D eigenvalue weighted by Gasteiger charge is 2.33. The molecule has 1 amide bonds. The first kappa shape index (κ1) is 19.3. The van der Waals surface area contributed by atoms with Crippen molar-refractivity contribution in [2.24, 2.45) is 0 Å². The molecular formula is C16H22F3NO3. The van der Waals surface area contributed by atoms with Crippen LogP contribution in [0.2, 0.25) is 0 Å². The third-order valence-electron chi connectivity index (χ3n) is 2.63. The normalized spacial score (nSPS) is 13.5. The van der Waals surface area contributed by atoms with E-state index in [9.17, 15) is 18.0 Å². The zero-order valence-electron chi connectivity index (χ0n) is 13.4. The topological polar surface area (TPSA) is 47.6 Å². The number of nitrogens with one attached hydrogen (secondary N) is 1. The van der Waals surface area contributed by atoms with Gasteiger partial charge in [-0.25, -0.2) is 4.79 Å². The van der Waals surface area contributed by atoms with Gasteiger partial charge in [0.15, 0.2) is 0 Å². The van der Waals surface area contributed by atoms with E-state index in [1.807, 2.05) is 18.2 Å². The molecular weight excluding hydrogens is 311 g/mol. The Kier molecular flexibility index (Phi) is 6.87. The van der Waals surface area contributed by atoms with Crippen LogP contribution in [0.4, 0.5) is 18.0 Å². The average Bonchev–Trinajstić information content (AvgIpc) is 2.35. The summed E-state index contributed by atoms with van der Waals surface area (Å²) >= 11 is 0. The fourth-order valence-corrected chi connectivity index (χ4v) is 1.80. The van der Waals surface area contributed by atoms with E-state index in [1.54, 1.807) is 32.9 Å². The van der Waals surface area contributed by atoms with E-state index < -0.39 is 30.3 Å². The van der Waals surface area contributed by atoms with Crippen LogP contribution >= 0.6 is 0 Å². The van der Waals surface area contributed by atoms with Crippen LogP contribution in [0.25, 0.3) is 0 Å². The van der Waals surface area contributed by atoms with Gasteiger partial charge in [0, 0.05) is 0 Å². The van der Waals surface area contributed by atoms with Gasteiger partial charge in [-0.05, 0) is 26.3 Å². The van der Waals surface area contributed by atoms with Crippen molar-refractivity contribution < 1.29 is 27.4 Å². The average molecular weight is 333 g/mol. The summed E-state index contributed by atoms with van der Waals surface area (Å²) in [5.41, 5.74) is 0.0631. The molecule has 4 nitrogen and oxygen atoms in total. The van der Waals surface area contributed by atoms with Crippen LogP contribution in [0.3, 0.4) is 0 Å². The molecule has 0 saturated carbocycles. The Hall–Kier alpha value is -1.76. The molecule has 1 rings (SSSR count). The first-order chi connectivity index (χ1) is 10.6. The van der Waals surface area contributed by atoms with E-state index in [2.05, 4.69) is 5.32 Å². The van der Waals surface area contributed by atoms with E-state index in [4.69, 9.17) is 9.47 Å². The molecule has 7 heteroatoms. The summed E-state index contributed by atoms with van der Waals surface area (Å²) in [5, 5.41) is 2.21. The van der Waals surface area contributed by atoms with Crippen molar-refractivity contribution in [2.45, 2.75) is 51.6 Å². The van der Waals surface area contributed by atoms with Gasteiger partial charge in [-0.1, -0.05) is 30.3 Å². The Morgan fingerprint density at radius 3 is 2.30 bits per heavy atom. The first-order valence-corrected chi connectivity index (χ1v) is 7.23. The quantitative estimate of drug-likeness (QED) is 0.854. The lowest BCUT2D eigenvalue weighted by Gasteiger charge is -2.24. The first-order valence-electron chi connectivity index (χ1n) is 7.23. The van der Waals surface area contributed by atoms with Crippen LogP contribution in [0, 0.1) is 0 Å². The molecule has 1 aromatic rings. The highest BCUT2D eigenvalue weighted by Crippen LogP contribution is 2.22. The lowest BCUT2D eigenvalue weighted by molar-refractivity contribution is -0.143. The van der Waals surface area contributed by atoms with Crippen LogP contribution in [0.15, 0.2) is 30.3 Å². The van der Waals surface area contributed by atoms with Gasteiger partial charge in [0.2, 0.25) is 0 Å². The molecule has 0 spiro atoms. The molecule has 0 aliphatic rings. The molecule has 130 valence electrons. The molecule has 1 N–H and O–H groups in total. The predicted octanol–water partition coefficient (Wildman–Crippen LogP) is 4.05.